The van der Waals surface area contributed by atoms with Gasteiger partial charge >= 0.3 is 11.9 Å². The van der Waals surface area contributed by atoms with Crippen LogP contribution in [0.1, 0.15) is 49.3 Å². The maximum Gasteiger partial charge on any atom is 0.328 e. The highest BCUT2D eigenvalue weighted by Gasteiger charge is 2.38. The smallest absolute Gasteiger partial charge is 0.328 e. The van der Waals surface area contributed by atoms with E-state index in [1.165, 1.54) is 0 Å². The largest absolute Gasteiger partial charge is 0.464 e. The summed E-state index contributed by atoms with van der Waals surface area (Å²) in [6.45, 7) is 3.57. The molecule has 228 valence electrons. The Labute approximate surface area is 254 Å². The first-order valence-corrected chi connectivity index (χ1v) is 15.1. The number of hydrogen-bond acceptors (Lipinski definition) is 7. The first-order valence-electron chi connectivity index (χ1n) is 15.1. The van der Waals surface area contributed by atoms with Crippen molar-refractivity contribution in [2.45, 2.75) is 70.4 Å². The molecule has 3 atom stereocenters. The van der Waals surface area contributed by atoms with Crippen molar-refractivity contribution in [3.8, 4) is 0 Å². The SMILES string of the molecule is C[C@H](N[C@@H](CCc1ccccc1)C(=O)OCc1ccccc1)C(=O)N1CCC[C@H]1C(=O)OCCCOCc1ccccc1. The van der Waals surface area contributed by atoms with E-state index in [2.05, 4.69) is 5.32 Å². The number of nitrogens with zero attached hydrogens (tertiary/aromatic N) is 1. The van der Waals surface area contributed by atoms with Crippen LogP contribution in [0.15, 0.2) is 91.0 Å². The topological polar surface area (TPSA) is 94.2 Å². The minimum absolute atomic E-state index is 0.156. The zero-order valence-corrected chi connectivity index (χ0v) is 24.9. The molecule has 1 amide bonds. The Morgan fingerprint density at radius 3 is 2.07 bits per heavy atom. The van der Waals surface area contributed by atoms with Gasteiger partial charge in [-0.05, 0) is 49.3 Å². The van der Waals surface area contributed by atoms with Crippen molar-refractivity contribution >= 4 is 17.8 Å². The fourth-order valence-corrected chi connectivity index (χ4v) is 5.15. The molecule has 0 spiro atoms. The fourth-order valence-electron chi connectivity index (χ4n) is 5.15. The Hall–Kier alpha value is -4.01. The number of esters is 2. The summed E-state index contributed by atoms with van der Waals surface area (Å²) in [6.07, 6.45) is 2.96. The zero-order chi connectivity index (χ0) is 30.3. The number of benzene rings is 3. The van der Waals surface area contributed by atoms with Crippen molar-refractivity contribution in [2.75, 3.05) is 19.8 Å². The molecular formula is C35H42N2O6. The summed E-state index contributed by atoms with van der Waals surface area (Å²) in [5.74, 6) is -1.04. The average molecular weight is 587 g/mol. The Bertz CT molecular complexity index is 1270. The standard InChI is InChI=1S/C35H42N2O6/c1-27(36-31(21-20-28-13-5-2-6-14-28)34(39)43-26-30-17-9-4-10-18-30)33(38)37-22-11-19-32(37)35(40)42-24-12-23-41-25-29-15-7-3-8-16-29/h2-10,13-18,27,31-32,36H,11-12,19-26H2,1H3/t27-,31-,32-/m0/s1. The van der Waals surface area contributed by atoms with Crippen molar-refractivity contribution in [3.05, 3.63) is 108 Å². The maximum atomic E-state index is 13.5. The molecule has 1 aliphatic heterocycles. The van der Waals surface area contributed by atoms with Crippen molar-refractivity contribution in [2.24, 2.45) is 0 Å². The normalized spacial score (nSPS) is 15.9. The third-order valence-electron chi connectivity index (χ3n) is 7.49. The lowest BCUT2D eigenvalue weighted by Crippen LogP contribution is -2.53. The number of ether oxygens (including phenoxy) is 3. The third kappa shape index (κ3) is 10.3. The molecule has 0 radical (unpaired) electrons. The molecule has 0 saturated carbocycles. The second-order valence-corrected chi connectivity index (χ2v) is 10.8. The molecule has 0 unspecified atom stereocenters. The molecule has 1 saturated heterocycles. The summed E-state index contributed by atoms with van der Waals surface area (Å²) in [4.78, 5) is 41.1. The molecule has 0 aliphatic carbocycles. The van der Waals surface area contributed by atoms with E-state index < -0.39 is 30.1 Å². The minimum atomic E-state index is -0.690. The summed E-state index contributed by atoms with van der Waals surface area (Å²) in [7, 11) is 0. The number of likely N-dealkylation sites (tertiary alicyclic amines) is 1. The van der Waals surface area contributed by atoms with E-state index in [1.54, 1.807) is 11.8 Å². The van der Waals surface area contributed by atoms with Crippen LogP contribution in [0.4, 0.5) is 0 Å². The molecule has 8 nitrogen and oxygen atoms in total. The summed E-state index contributed by atoms with van der Waals surface area (Å²) >= 11 is 0. The van der Waals surface area contributed by atoms with Crippen LogP contribution in [0.5, 0.6) is 0 Å². The van der Waals surface area contributed by atoms with Crippen molar-refractivity contribution in [3.63, 3.8) is 0 Å². The lowest BCUT2D eigenvalue weighted by Gasteiger charge is -2.28. The maximum absolute atomic E-state index is 13.5. The summed E-state index contributed by atoms with van der Waals surface area (Å²) in [5, 5.41) is 3.20. The van der Waals surface area contributed by atoms with Gasteiger partial charge < -0.3 is 19.1 Å². The van der Waals surface area contributed by atoms with Gasteiger partial charge in [0, 0.05) is 13.0 Å². The molecule has 3 aromatic carbocycles. The van der Waals surface area contributed by atoms with Crippen LogP contribution < -0.4 is 5.32 Å². The summed E-state index contributed by atoms with van der Waals surface area (Å²) in [5.41, 5.74) is 3.08. The number of nitrogens with one attached hydrogen (secondary N) is 1. The molecule has 1 aliphatic rings. The molecule has 8 heteroatoms. The Morgan fingerprint density at radius 2 is 1.42 bits per heavy atom. The predicted molar refractivity (Wildman–Crippen MR) is 164 cm³/mol. The van der Waals surface area contributed by atoms with Crippen molar-refractivity contribution < 1.29 is 28.6 Å². The number of aryl methyl sites for hydroxylation is 1. The van der Waals surface area contributed by atoms with Gasteiger partial charge in [-0.25, -0.2) is 4.79 Å². The summed E-state index contributed by atoms with van der Waals surface area (Å²) < 4.78 is 16.8. The first-order chi connectivity index (χ1) is 21.0. The Kier molecular flexibility index (Phi) is 12.8. The first kappa shape index (κ1) is 31.9. The van der Waals surface area contributed by atoms with E-state index in [9.17, 15) is 14.4 Å². The highest BCUT2D eigenvalue weighted by Crippen LogP contribution is 2.20. The second kappa shape index (κ2) is 17.2. The van der Waals surface area contributed by atoms with Crippen LogP contribution in [0, 0.1) is 0 Å². The number of amides is 1. The van der Waals surface area contributed by atoms with Crippen molar-refractivity contribution in [1.29, 1.82) is 0 Å². The zero-order valence-electron chi connectivity index (χ0n) is 24.9. The molecule has 43 heavy (non-hydrogen) atoms. The highest BCUT2D eigenvalue weighted by atomic mass is 16.5. The fraction of sp³-hybridized carbons (Fsp3) is 0.400. The van der Waals surface area contributed by atoms with Crippen LogP contribution in [0.3, 0.4) is 0 Å². The van der Waals surface area contributed by atoms with Gasteiger partial charge in [-0.3, -0.25) is 14.9 Å². The molecular weight excluding hydrogens is 544 g/mol. The number of hydrogen-bond donors (Lipinski definition) is 1. The second-order valence-electron chi connectivity index (χ2n) is 10.8. The molecule has 1 N–H and O–H groups in total. The third-order valence-corrected chi connectivity index (χ3v) is 7.49. The lowest BCUT2D eigenvalue weighted by atomic mass is 10.0. The van der Waals surface area contributed by atoms with E-state index in [4.69, 9.17) is 14.2 Å². The number of rotatable bonds is 16. The van der Waals surface area contributed by atoms with Gasteiger partial charge in [0.25, 0.3) is 0 Å². The van der Waals surface area contributed by atoms with Gasteiger partial charge in [-0.1, -0.05) is 91.0 Å². The molecule has 1 fully saturated rings. The van der Waals surface area contributed by atoms with Gasteiger partial charge in [0.1, 0.15) is 18.7 Å². The molecule has 3 aromatic rings. The van der Waals surface area contributed by atoms with Gasteiger partial charge in [0.2, 0.25) is 5.91 Å². The van der Waals surface area contributed by atoms with E-state index >= 15 is 0 Å². The quantitative estimate of drug-likeness (QED) is 0.189. The number of carbonyl (C=O) groups excluding carboxylic acids is 3. The predicted octanol–water partition coefficient (Wildman–Crippen LogP) is 4.85. The Morgan fingerprint density at radius 1 is 0.814 bits per heavy atom. The van der Waals surface area contributed by atoms with E-state index in [0.29, 0.717) is 45.4 Å². The van der Waals surface area contributed by atoms with E-state index in [0.717, 1.165) is 23.1 Å². The van der Waals surface area contributed by atoms with Crippen LogP contribution in [-0.2, 0) is 48.2 Å². The molecule has 0 bridgehead atoms. The van der Waals surface area contributed by atoms with Crippen LogP contribution in [-0.4, -0.2) is 60.6 Å². The van der Waals surface area contributed by atoms with Gasteiger partial charge in [0.05, 0.1) is 25.9 Å². The van der Waals surface area contributed by atoms with Gasteiger partial charge in [-0.15, -0.1) is 0 Å². The average Bonchev–Trinajstić information content (AvgIpc) is 3.54. The van der Waals surface area contributed by atoms with E-state index in [-0.39, 0.29) is 19.1 Å². The minimum Gasteiger partial charge on any atom is -0.464 e. The van der Waals surface area contributed by atoms with Crippen LogP contribution in [0.25, 0.3) is 0 Å². The summed E-state index contributed by atoms with van der Waals surface area (Å²) in [6, 6.07) is 27.3. The van der Waals surface area contributed by atoms with Crippen LogP contribution in [0.2, 0.25) is 0 Å². The van der Waals surface area contributed by atoms with Crippen LogP contribution >= 0.6 is 0 Å². The highest BCUT2D eigenvalue weighted by molar-refractivity contribution is 5.88. The monoisotopic (exact) mass is 586 g/mol. The molecule has 1 heterocycles. The molecule has 0 aromatic heterocycles. The number of carbonyl (C=O) groups is 3. The Balaban J connectivity index is 1.27. The van der Waals surface area contributed by atoms with E-state index in [1.807, 2.05) is 91.0 Å². The van der Waals surface area contributed by atoms with Gasteiger partial charge in [-0.2, -0.15) is 0 Å². The molecule has 4 rings (SSSR count). The lowest BCUT2D eigenvalue weighted by molar-refractivity contribution is -0.155. The van der Waals surface area contributed by atoms with Crippen molar-refractivity contribution in [1.82, 2.24) is 10.2 Å². The van der Waals surface area contributed by atoms with Gasteiger partial charge in [0.15, 0.2) is 0 Å².